The number of thioether (sulfide) groups is 1. The van der Waals surface area contributed by atoms with Crippen molar-refractivity contribution in [2.45, 2.75) is 25.0 Å². The summed E-state index contributed by atoms with van der Waals surface area (Å²) in [5.41, 5.74) is 5.59. The molecule has 2 aromatic rings. The molecule has 0 aliphatic carbocycles. The Labute approximate surface area is 123 Å². The van der Waals surface area contributed by atoms with Crippen LogP contribution in [0, 0.1) is 6.92 Å². The molecule has 0 atom stereocenters. The lowest BCUT2D eigenvalue weighted by Gasteiger charge is -2.07. The van der Waals surface area contributed by atoms with E-state index in [4.69, 9.17) is 10.5 Å². The van der Waals surface area contributed by atoms with Crippen LogP contribution in [0.5, 0.6) is 5.75 Å². The SMILES string of the molecule is Cc1nnc(SCCCOc2ccccc2)n1CCN. The van der Waals surface area contributed by atoms with Crippen molar-refractivity contribution in [3.8, 4) is 5.75 Å². The molecule has 5 nitrogen and oxygen atoms in total. The highest BCUT2D eigenvalue weighted by Gasteiger charge is 2.08. The van der Waals surface area contributed by atoms with E-state index in [0.29, 0.717) is 13.2 Å². The lowest BCUT2D eigenvalue weighted by Crippen LogP contribution is -2.12. The smallest absolute Gasteiger partial charge is 0.191 e. The van der Waals surface area contributed by atoms with E-state index in [1.807, 2.05) is 37.3 Å². The second-order valence-corrected chi connectivity index (χ2v) is 5.40. The predicted octanol–water partition coefficient (Wildman–Crippen LogP) is 2.11. The van der Waals surface area contributed by atoms with Gasteiger partial charge >= 0.3 is 0 Å². The van der Waals surface area contributed by atoms with E-state index in [0.717, 1.165) is 35.4 Å². The summed E-state index contributed by atoms with van der Waals surface area (Å²) >= 11 is 1.70. The highest BCUT2D eigenvalue weighted by molar-refractivity contribution is 7.99. The van der Waals surface area contributed by atoms with Crippen LogP contribution in [0.2, 0.25) is 0 Å². The number of nitrogens with zero attached hydrogens (tertiary/aromatic N) is 3. The van der Waals surface area contributed by atoms with E-state index < -0.39 is 0 Å². The second kappa shape index (κ2) is 7.91. The van der Waals surface area contributed by atoms with Gasteiger partial charge in [0.15, 0.2) is 5.16 Å². The Hall–Kier alpha value is -1.53. The van der Waals surface area contributed by atoms with Crippen LogP contribution in [0.1, 0.15) is 12.2 Å². The highest BCUT2D eigenvalue weighted by Crippen LogP contribution is 2.17. The summed E-state index contributed by atoms with van der Waals surface area (Å²) in [6, 6.07) is 9.86. The largest absolute Gasteiger partial charge is 0.494 e. The van der Waals surface area contributed by atoms with E-state index in [2.05, 4.69) is 14.8 Å². The fourth-order valence-corrected chi connectivity index (χ4v) is 2.71. The maximum absolute atomic E-state index is 5.65. The zero-order valence-corrected chi connectivity index (χ0v) is 12.5. The van der Waals surface area contributed by atoms with Gasteiger partial charge in [-0.1, -0.05) is 30.0 Å². The molecular formula is C14H20N4OS. The molecule has 0 unspecified atom stereocenters. The van der Waals surface area contributed by atoms with Gasteiger partial charge < -0.3 is 15.0 Å². The van der Waals surface area contributed by atoms with Crippen LogP contribution in [-0.2, 0) is 6.54 Å². The first-order valence-corrected chi connectivity index (χ1v) is 7.70. The molecule has 1 aromatic carbocycles. The summed E-state index contributed by atoms with van der Waals surface area (Å²) in [6.07, 6.45) is 0.966. The van der Waals surface area contributed by atoms with Gasteiger partial charge in [-0.3, -0.25) is 0 Å². The number of aromatic nitrogens is 3. The molecule has 0 radical (unpaired) electrons. The molecule has 1 aromatic heterocycles. The fraction of sp³-hybridized carbons (Fsp3) is 0.429. The third-order valence-electron chi connectivity index (χ3n) is 2.79. The molecule has 0 spiro atoms. The van der Waals surface area contributed by atoms with Crippen molar-refractivity contribution in [2.75, 3.05) is 18.9 Å². The number of rotatable bonds is 8. The van der Waals surface area contributed by atoms with Crippen molar-refractivity contribution < 1.29 is 4.74 Å². The van der Waals surface area contributed by atoms with Crippen molar-refractivity contribution in [2.24, 2.45) is 5.73 Å². The van der Waals surface area contributed by atoms with Gasteiger partial charge in [-0.05, 0) is 25.5 Å². The maximum Gasteiger partial charge on any atom is 0.191 e. The van der Waals surface area contributed by atoms with Crippen molar-refractivity contribution in [1.29, 1.82) is 0 Å². The summed E-state index contributed by atoms with van der Waals surface area (Å²) in [6.45, 7) is 4.03. The molecule has 20 heavy (non-hydrogen) atoms. The van der Waals surface area contributed by atoms with E-state index >= 15 is 0 Å². The molecule has 0 amide bonds. The summed E-state index contributed by atoms with van der Waals surface area (Å²) in [4.78, 5) is 0. The number of benzene rings is 1. The van der Waals surface area contributed by atoms with Gasteiger partial charge in [0.2, 0.25) is 0 Å². The second-order valence-electron chi connectivity index (χ2n) is 4.33. The Bertz CT molecular complexity index is 515. The summed E-state index contributed by atoms with van der Waals surface area (Å²) in [5.74, 6) is 2.79. The lowest BCUT2D eigenvalue weighted by molar-refractivity contribution is 0.318. The summed E-state index contributed by atoms with van der Waals surface area (Å²) in [5, 5.41) is 9.19. The minimum absolute atomic E-state index is 0.601. The van der Waals surface area contributed by atoms with Crippen molar-refractivity contribution >= 4 is 11.8 Å². The Kier molecular flexibility index (Phi) is 5.88. The number of hydrogen-bond acceptors (Lipinski definition) is 5. The molecular weight excluding hydrogens is 272 g/mol. The average Bonchev–Trinajstić information content (AvgIpc) is 2.81. The van der Waals surface area contributed by atoms with Gasteiger partial charge in [-0.25, -0.2) is 0 Å². The zero-order chi connectivity index (χ0) is 14.2. The van der Waals surface area contributed by atoms with E-state index in [-0.39, 0.29) is 0 Å². The van der Waals surface area contributed by atoms with Gasteiger partial charge in [-0.2, -0.15) is 0 Å². The first kappa shape index (κ1) is 14.9. The van der Waals surface area contributed by atoms with Gasteiger partial charge in [0, 0.05) is 18.8 Å². The van der Waals surface area contributed by atoms with Crippen LogP contribution >= 0.6 is 11.8 Å². The first-order valence-electron chi connectivity index (χ1n) is 6.72. The molecule has 1 heterocycles. The van der Waals surface area contributed by atoms with Crippen LogP contribution in [0.4, 0.5) is 0 Å². The third-order valence-corrected chi connectivity index (χ3v) is 3.84. The van der Waals surface area contributed by atoms with E-state index in [9.17, 15) is 0 Å². The third kappa shape index (κ3) is 4.25. The van der Waals surface area contributed by atoms with Gasteiger partial charge in [0.1, 0.15) is 11.6 Å². The minimum atomic E-state index is 0.601. The monoisotopic (exact) mass is 292 g/mol. The molecule has 0 aliphatic heterocycles. The topological polar surface area (TPSA) is 66.0 Å². The molecule has 0 aliphatic rings. The van der Waals surface area contributed by atoms with Crippen LogP contribution < -0.4 is 10.5 Å². The van der Waals surface area contributed by atoms with Crippen molar-refractivity contribution in [1.82, 2.24) is 14.8 Å². The molecule has 0 bridgehead atoms. The fourth-order valence-electron chi connectivity index (χ4n) is 1.78. The molecule has 2 N–H and O–H groups in total. The predicted molar refractivity (Wildman–Crippen MR) is 81.1 cm³/mol. The number of hydrogen-bond donors (Lipinski definition) is 1. The number of aryl methyl sites for hydroxylation is 1. The minimum Gasteiger partial charge on any atom is -0.494 e. The van der Waals surface area contributed by atoms with Crippen LogP contribution in [-0.4, -0.2) is 33.7 Å². The quantitative estimate of drug-likeness (QED) is 0.596. The zero-order valence-electron chi connectivity index (χ0n) is 11.7. The van der Waals surface area contributed by atoms with Gasteiger partial charge in [0.25, 0.3) is 0 Å². The number of para-hydroxylation sites is 1. The Balaban J connectivity index is 1.71. The average molecular weight is 292 g/mol. The molecule has 0 saturated heterocycles. The Morgan fingerprint density at radius 3 is 2.80 bits per heavy atom. The number of ether oxygens (including phenoxy) is 1. The van der Waals surface area contributed by atoms with Crippen LogP contribution in [0.15, 0.2) is 35.5 Å². The molecule has 6 heteroatoms. The van der Waals surface area contributed by atoms with Gasteiger partial charge in [-0.15, -0.1) is 10.2 Å². The Morgan fingerprint density at radius 2 is 2.05 bits per heavy atom. The van der Waals surface area contributed by atoms with E-state index in [1.165, 1.54) is 0 Å². The Morgan fingerprint density at radius 1 is 1.25 bits per heavy atom. The number of nitrogens with two attached hydrogens (primary N) is 1. The first-order chi connectivity index (χ1) is 9.81. The van der Waals surface area contributed by atoms with Crippen molar-refractivity contribution in [3.63, 3.8) is 0 Å². The maximum atomic E-state index is 5.65. The molecule has 2 rings (SSSR count). The molecule has 0 saturated carbocycles. The van der Waals surface area contributed by atoms with Crippen LogP contribution in [0.25, 0.3) is 0 Å². The lowest BCUT2D eigenvalue weighted by atomic mass is 10.3. The van der Waals surface area contributed by atoms with Crippen molar-refractivity contribution in [3.05, 3.63) is 36.2 Å². The molecule has 108 valence electrons. The highest BCUT2D eigenvalue weighted by atomic mass is 32.2. The van der Waals surface area contributed by atoms with Crippen LogP contribution in [0.3, 0.4) is 0 Å². The normalized spacial score (nSPS) is 10.7. The molecule has 0 fully saturated rings. The standard InChI is InChI=1S/C14H20N4OS/c1-12-16-17-14(18(12)9-8-15)20-11-5-10-19-13-6-3-2-4-7-13/h2-4,6-7H,5,8-11,15H2,1H3. The summed E-state index contributed by atoms with van der Waals surface area (Å²) < 4.78 is 7.71. The van der Waals surface area contributed by atoms with Gasteiger partial charge in [0.05, 0.1) is 6.61 Å². The van der Waals surface area contributed by atoms with E-state index in [1.54, 1.807) is 11.8 Å². The summed E-state index contributed by atoms with van der Waals surface area (Å²) in [7, 11) is 0.